The number of amides is 2. The number of carbonyl (C=O) groups is 2. The first-order valence-electron chi connectivity index (χ1n) is 9.09. The summed E-state index contributed by atoms with van der Waals surface area (Å²) in [6.45, 7) is 0. The van der Waals surface area contributed by atoms with Gasteiger partial charge in [0.15, 0.2) is 23.3 Å². The van der Waals surface area contributed by atoms with Crippen molar-refractivity contribution in [2.24, 2.45) is 0 Å². The van der Waals surface area contributed by atoms with Gasteiger partial charge in [0, 0.05) is 22.2 Å². The predicted molar refractivity (Wildman–Crippen MR) is 113 cm³/mol. The van der Waals surface area contributed by atoms with Crippen molar-refractivity contribution in [3.8, 4) is 5.75 Å². The van der Waals surface area contributed by atoms with Crippen molar-refractivity contribution in [3.63, 3.8) is 0 Å². The van der Waals surface area contributed by atoms with Crippen LogP contribution in [-0.2, 0) is 4.79 Å². The second-order valence-electron chi connectivity index (χ2n) is 6.39. The van der Waals surface area contributed by atoms with Crippen molar-refractivity contribution in [1.29, 1.82) is 0 Å². The Hall–Kier alpha value is -3.53. The molecule has 0 aliphatic rings. The first kappa shape index (κ1) is 23.1. The van der Waals surface area contributed by atoms with Crippen LogP contribution in [0.15, 0.2) is 59.5 Å². The van der Waals surface area contributed by atoms with Crippen molar-refractivity contribution >= 4 is 35.0 Å². The summed E-state index contributed by atoms with van der Waals surface area (Å²) < 4.78 is 58.9. The van der Waals surface area contributed by atoms with Crippen LogP contribution in [0, 0.1) is 23.3 Å². The van der Waals surface area contributed by atoms with E-state index in [0.29, 0.717) is 21.9 Å². The number of hydrogen-bond donors (Lipinski definition) is 2. The maximum Gasteiger partial charge on any atom is 0.255 e. The molecule has 2 amide bonds. The number of ether oxygens (including phenoxy) is 1. The molecule has 0 bridgehead atoms. The summed E-state index contributed by atoms with van der Waals surface area (Å²) in [5.74, 6) is -7.53. The zero-order valence-corrected chi connectivity index (χ0v) is 17.4. The third-order valence-electron chi connectivity index (χ3n) is 4.19. The Bertz CT molecular complexity index is 1130. The number of carbonyl (C=O) groups excluding carboxylic acids is 2. The van der Waals surface area contributed by atoms with Crippen LogP contribution in [0.4, 0.5) is 28.9 Å². The zero-order valence-electron chi connectivity index (χ0n) is 16.5. The number of thioether (sulfide) groups is 1. The molecule has 0 saturated carbocycles. The van der Waals surface area contributed by atoms with Crippen LogP contribution < -0.4 is 15.4 Å². The van der Waals surface area contributed by atoms with E-state index in [1.54, 1.807) is 48.5 Å². The molecular weight excluding hydrogens is 448 g/mol. The quantitative estimate of drug-likeness (QED) is 0.285. The molecule has 0 saturated heterocycles. The molecule has 0 aromatic heterocycles. The highest BCUT2D eigenvalue weighted by Crippen LogP contribution is 2.26. The molecule has 0 spiro atoms. The minimum Gasteiger partial charge on any atom is -0.497 e. The van der Waals surface area contributed by atoms with Crippen molar-refractivity contribution in [1.82, 2.24) is 0 Å². The Balaban J connectivity index is 1.61. The van der Waals surface area contributed by atoms with Crippen molar-refractivity contribution in [2.75, 3.05) is 23.5 Å². The van der Waals surface area contributed by atoms with Crippen LogP contribution in [-0.4, -0.2) is 24.7 Å². The third-order valence-corrected chi connectivity index (χ3v) is 5.18. The Morgan fingerprint density at radius 3 is 2.19 bits per heavy atom. The van der Waals surface area contributed by atoms with E-state index in [1.165, 1.54) is 7.11 Å². The fourth-order valence-corrected chi connectivity index (χ4v) is 3.37. The fourth-order valence-electron chi connectivity index (χ4n) is 2.62. The molecule has 3 rings (SSSR count). The van der Waals surface area contributed by atoms with Crippen LogP contribution in [0.1, 0.15) is 10.4 Å². The molecule has 0 heterocycles. The van der Waals surface area contributed by atoms with Gasteiger partial charge in [-0.25, -0.2) is 17.6 Å². The van der Waals surface area contributed by atoms with Gasteiger partial charge >= 0.3 is 0 Å². The second-order valence-corrected chi connectivity index (χ2v) is 7.44. The number of methoxy groups -OCH3 is 1. The average molecular weight is 464 g/mol. The highest BCUT2D eigenvalue weighted by Gasteiger charge is 2.21. The summed E-state index contributed by atoms with van der Waals surface area (Å²) in [6.07, 6.45) is 0. The summed E-state index contributed by atoms with van der Waals surface area (Å²) in [7, 11) is 1.52. The summed E-state index contributed by atoms with van der Waals surface area (Å²) in [5.41, 5.74) is -0.316. The molecule has 166 valence electrons. The second kappa shape index (κ2) is 10.2. The van der Waals surface area contributed by atoms with Gasteiger partial charge in [-0.3, -0.25) is 9.59 Å². The number of nitrogens with one attached hydrogen (secondary N) is 2. The topological polar surface area (TPSA) is 67.4 Å². The summed E-state index contributed by atoms with van der Waals surface area (Å²) >= 11 is 0.998. The Labute approximate surface area is 184 Å². The molecule has 0 radical (unpaired) electrons. The fraction of sp³-hybridized carbons (Fsp3) is 0.0909. The molecule has 0 atom stereocenters. The monoisotopic (exact) mass is 464 g/mol. The third kappa shape index (κ3) is 5.58. The normalized spacial score (nSPS) is 10.5. The molecule has 0 unspecified atom stereocenters. The van der Waals surface area contributed by atoms with E-state index < -0.39 is 34.9 Å². The highest BCUT2D eigenvalue weighted by molar-refractivity contribution is 8.00. The van der Waals surface area contributed by atoms with Gasteiger partial charge in [-0.15, -0.1) is 11.8 Å². The van der Waals surface area contributed by atoms with Crippen LogP contribution in [0.5, 0.6) is 5.75 Å². The zero-order chi connectivity index (χ0) is 23.3. The standard InChI is InChI=1S/C22H16F4N2O3S/c1-31-14-7-5-12(6-8-14)22(30)27-13-3-2-4-15(9-13)32-11-18(29)28-21-19(25)16(23)10-17(24)20(21)26/h2-10H,11H2,1H3,(H,27,30)(H,28,29). The van der Waals surface area contributed by atoms with Crippen LogP contribution in [0.25, 0.3) is 0 Å². The summed E-state index contributed by atoms with van der Waals surface area (Å²) in [5, 5.41) is 4.55. The summed E-state index contributed by atoms with van der Waals surface area (Å²) in [6, 6.07) is 13.1. The molecule has 5 nitrogen and oxygen atoms in total. The lowest BCUT2D eigenvalue weighted by Crippen LogP contribution is -2.17. The smallest absolute Gasteiger partial charge is 0.255 e. The first-order valence-corrected chi connectivity index (χ1v) is 10.1. The lowest BCUT2D eigenvalue weighted by molar-refractivity contribution is -0.113. The number of halogens is 4. The molecule has 10 heteroatoms. The molecule has 0 aliphatic heterocycles. The molecular formula is C22H16F4N2O3S. The van der Waals surface area contributed by atoms with Gasteiger partial charge < -0.3 is 15.4 Å². The molecule has 32 heavy (non-hydrogen) atoms. The average Bonchev–Trinajstić information content (AvgIpc) is 2.79. The van der Waals surface area contributed by atoms with Gasteiger partial charge in [-0.2, -0.15) is 0 Å². The number of rotatable bonds is 7. The lowest BCUT2D eigenvalue weighted by Gasteiger charge is -2.10. The van der Waals surface area contributed by atoms with E-state index in [0.717, 1.165) is 11.8 Å². The number of hydrogen-bond acceptors (Lipinski definition) is 4. The Kier molecular flexibility index (Phi) is 7.37. The largest absolute Gasteiger partial charge is 0.497 e. The van der Waals surface area contributed by atoms with Gasteiger partial charge in [-0.05, 0) is 42.5 Å². The van der Waals surface area contributed by atoms with Gasteiger partial charge in [-0.1, -0.05) is 6.07 Å². The SMILES string of the molecule is COc1ccc(C(=O)Nc2cccc(SCC(=O)Nc3c(F)c(F)cc(F)c3F)c2)cc1. The molecule has 0 fully saturated rings. The summed E-state index contributed by atoms with van der Waals surface area (Å²) in [4.78, 5) is 24.9. The van der Waals surface area contributed by atoms with E-state index >= 15 is 0 Å². The van der Waals surface area contributed by atoms with Crippen LogP contribution in [0.3, 0.4) is 0 Å². The predicted octanol–water partition coefficient (Wildman–Crippen LogP) is 5.23. The first-order chi connectivity index (χ1) is 15.3. The van der Waals surface area contributed by atoms with Gasteiger partial charge in [0.25, 0.3) is 5.91 Å². The maximum absolute atomic E-state index is 13.7. The van der Waals surface area contributed by atoms with Crippen LogP contribution >= 0.6 is 11.8 Å². The van der Waals surface area contributed by atoms with E-state index in [1.807, 2.05) is 5.32 Å². The molecule has 3 aromatic rings. The minimum absolute atomic E-state index is 0.0564. The maximum atomic E-state index is 13.7. The Morgan fingerprint density at radius 2 is 1.56 bits per heavy atom. The van der Waals surface area contributed by atoms with E-state index in [-0.39, 0.29) is 17.7 Å². The van der Waals surface area contributed by atoms with E-state index in [2.05, 4.69) is 5.32 Å². The lowest BCUT2D eigenvalue weighted by atomic mass is 10.2. The molecule has 2 N–H and O–H groups in total. The molecule has 3 aromatic carbocycles. The van der Waals surface area contributed by atoms with E-state index in [4.69, 9.17) is 4.74 Å². The van der Waals surface area contributed by atoms with Gasteiger partial charge in [0.2, 0.25) is 5.91 Å². The van der Waals surface area contributed by atoms with Crippen molar-refractivity contribution in [3.05, 3.63) is 83.4 Å². The van der Waals surface area contributed by atoms with Gasteiger partial charge in [0.05, 0.1) is 12.9 Å². The van der Waals surface area contributed by atoms with Crippen molar-refractivity contribution in [2.45, 2.75) is 4.90 Å². The Morgan fingerprint density at radius 1 is 0.906 bits per heavy atom. The number of benzene rings is 3. The minimum atomic E-state index is -1.69. The van der Waals surface area contributed by atoms with E-state index in [9.17, 15) is 27.2 Å². The number of anilines is 2. The van der Waals surface area contributed by atoms with Crippen molar-refractivity contribution < 1.29 is 31.9 Å². The van der Waals surface area contributed by atoms with Gasteiger partial charge in [0.1, 0.15) is 11.4 Å². The van der Waals surface area contributed by atoms with Crippen LogP contribution in [0.2, 0.25) is 0 Å². The highest BCUT2D eigenvalue weighted by atomic mass is 32.2. The molecule has 0 aliphatic carbocycles.